The highest BCUT2D eigenvalue weighted by molar-refractivity contribution is 9.10. The van der Waals surface area contributed by atoms with Gasteiger partial charge < -0.3 is 0 Å². The summed E-state index contributed by atoms with van der Waals surface area (Å²) in [5.74, 6) is 0.827. The maximum atomic E-state index is 6.10. The van der Waals surface area contributed by atoms with Gasteiger partial charge in [-0.15, -0.1) is 11.6 Å². The Kier molecular flexibility index (Phi) is 5.58. The summed E-state index contributed by atoms with van der Waals surface area (Å²) in [6.45, 7) is 0. The lowest BCUT2D eigenvalue weighted by Gasteiger charge is -2.15. The topological polar surface area (TPSA) is 0 Å². The minimum atomic E-state index is 0.261. The van der Waals surface area contributed by atoms with Gasteiger partial charge in [-0.05, 0) is 41.8 Å². The molecule has 0 heterocycles. The van der Waals surface area contributed by atoms with E-state index in [1.165, 1.54) is 5.56 Å². The van der Waals surface area contributed by atoms with Crippen LogP contribution in [0.4, 0.5) is 0 Å². The molecule has 0 nitrogen and oxygen atoms in total. The van der Waals surface area contributed by atoms with Gasteiger partial charge in [0.05, 0.1) is 10.0 Å². The van der Waals surface area contributed by atoms with Crippen molar-refractivity contribution in [2.45, 2.75) is 12.3 Å². The molecule has 2 rings (SSSR count). The van der Waals surface area contributed by atoms with Crippen LogP contribution in [0, 0.1) is 0 Å². The first kappa shape index (κ1) is 15.2. The van der Waals surface area contributed by atoms with E-state index in [1.54, 1.807) is 0 Å². The maximum Gasteiger partial charge on any atom is 0.0595 e. The molecule has 0 N–H and O–H groups in total. The monoisotopic (exact) mass is 376 g/mol. The second-order valence-corrected chi connectivity index (χ2v) is 6.40. The maximum absolute atomic E-state index is 6.10. The molecule has 0 aliphatic heterocycles. The fourth-order valence-electron chi connectivity index (χ4n) is 1.97. The molecule has 0 radical (unpaired) electrons. The normalized spacial score (nSPS) is 12.4. The van der Waals surface area contributed by atoms with Gasteiger partial charge in [0.1, 0.15) is 0 Å². The fraction of sp³-hybridized carbons (Fsp3) is 0.200. The van der Waals surface area contributed by atoms with Crippen LogP contribution in [0.1, 0.15) is 17.0 Å². The zero-order valence-electron chi connectivity index (χ0n) is 10.0. The zero-order chi connectivity index (χ0) is 13.8. The highest BCUT2D eigenvalue weighted by Crippen LogP contribution is 2.28. The average molecular weight is 379 g/mol. The molecule has 0 saturated heterocycles. The quantitative estimate of drug-likeness (QED) is 0.546. The summed E-state index contributed by atoms with van der Waals surface area (Å²) in [6, 6.07) is 13.9. The summed E-state index contributed by atoms with van der Waals surface area (Å²) in [6.07, 6.45) is 0.844. The third-order valence-corrected chi connectivity index (χ3v) is 4.58. The van der Waals surface area contributed by atoms with Gasteiger partial charge in [0, 0.05) is 16.3 Å². The van der Waals surface area contributed by atoms with Gasteiger partial charge in [0.25, 0.3) is 0 Å². The molecule has 1 atom stereocenters. The van der Waals surface area contributed by atoms with Crippen molar-refractivity contribution in [2.24, 2.45) is 0 Å². The van der Waals surface area contributed by atoms with E-state index < -0.39 is 0 Å². The van der Waals surface area contributed by atoms with Crippen molar-refractivity contribution in [2.75, 3.05) is 5.88 Å². The van der Waals surface area contributed by atoms with Gasteiger partial charge in [-0.25, -0.2) is 0 Å². The molecule has 0 aliphatic carbocycles. The lowest BCUT2D eigenvalue weighted by atomic mass is 9.94. The van der Waals surface area contributed by atoms with Crippen molar-refractivity contribution in [3.63, 3.8) is 0 Å². The van der Waals surface area contributed by atoms with E-state index in [1.807, 2.05) is 30.3 Å². The number of hydrogen-bond acceptors (Lipinski definition) is 0. The van der Waals surface area contributed by atoms with Crippen LogP contribution in [-0.4, -0.2) is 5.88 Å². The Morgan fingerprint density at radius 2 is 1.79 bits per heavy atom. The summed E-state index contributed by atoms with van der Waals surface area (Å²) in [7, 11) is 0. The summed E-state index contributed by atoms with van der Waals surface area (Å²) >= 11 is 21.5. The lowest BCUT2D eigenvalue weighted by molar-refractivity contribution is 0.766. The van der Waals surface area contributed by atoms with Crippen molar-refractivity contribution < 1.29 is 0 Å². The van der Waals surface area contributed by atoms with Crippen LogP contribution in [0.3, 0.4) is 0 Å². The molecule has 2 aromatic rings. The first-order valence-electron chi connectivity index (χ1n) is 5.85. The Morgan fingerprint density at radius 1 is 1.00 bits per heavy atom. The molecule has 1 unspecified atom stereocenters. The number of alkyl halides is 1. The third kappa shape index (κ3) is 4.13. The van der Waals surface area contributed by atoms with Crippen molar-refractivity contribution in [3.8, 4) is 0 Å². The highest BCUT2D eigenvalue weighted by Gasteiger charge is 2.12. The van der Waals surface area contributed by atoms with Gasteiger partial charge in [-0.2, -0.15) is 0 Å². The molecule has 19 heavy (non-hydrogen) atoms. The van der Waals surface area contributed by atoms with Crippen LogP contribution in [0.2, 0.25) is 10.0 Å². The molecule has 0 aliphatic rings. The van der Waals surface area contributed by atoms with Crippen molar-refractivity contribution >= 4 is 50.7 Å². The van der Waals surface area contributed by atoms with Gasteiger partial charge in [0.15, 0.2) is 0 Å². The summed E-state index contributed by atoms with van der Waals surface area (Å²) in [4.78, 5) is 0. The van der Waals surface area contributed by atoms with Crippen molar-refractivity contribution in [1.29, 1.82) is 0 Å². The second kappa shape index (κ2) is 6.99. The van der Waals surface area contributed by atoms with Crippen LogP contribution in [0.5, 0.6) is 0 Å². The summed E-state index contributed by atoms with van der Waals surface area (Å²) in [5.41, 5.74) is 2.36. The van der Waals surface area contributed by atoms with Gasteiger partial charge in [-0.1, -0.05) is 57.3 Å². The van der Waals surface area contributed by atoms with E-state index in [-0.39, 0.29) is 5.92 Å². The number of halogens is 4. The minimum Gasteiger partial charge on any atom is -0.126 e. The Morgan fingerprint density at radius 3 is 2.42 bits per heavy atom. The molecular weight excluding hydrogens is 366 g/mol. The van der Waals surface area contributed by atoms with E-state index in [2.05, 4.69) is 28.1 Å². The van der Waals surface area contributed by atoms with Gasteiger partial charge >= 0.3 is 0 Å². The van der Waals surface area contributed by atoms with Gasteiger partial charge in [0.2, 0.25) is 0 Å². The van der Waals surface area contributed by atoms with Crippen LogP contribution in [0.15, 0.2) is 46.9 Å². The molecule has 0 aromatic heterocycles. The average Bonchev–Trinajstić information content (AvgIpc) is 2.40. The number of hydrogen-bond donors (Lipinski definition) is 0. The Hall–Kier alpha value is -0.210. The number of rotatable bonds is 4. The summed E-state index contributed by atoms with van der Waals surface area (Å²) in [5, 5.41) is 1.16. The molecule has 0 saturated carbocycles. The fourth-order valence-corrected chi connectivity index (χ4v) is 3.00. The highest BCUT2D eigenvalue weighted by atomic mass is 79.9. The first-order valence-corrected chi connectivity index (χ1v) is 7.94. The molecular formula is C15H12BrCl3. The van der Waals surface area contributed by atoms with Crippen molar-refractivity contribution in [3.05, 3.63) is 68.1 Å². The Balaban J connectivity index is 2.21. The molecule has 0 bridgehead atoms. The number of benzene rings is 2. The predicted molar refractivity (Wildman–Crippen MR) is 87.8 cm³/mol. The van der Waals surface area contributed by atoms with Crippen LogP contribution >= 0.6 is 50.7 Å². The van der Waals surface area contributed by atoms with E-state index in [0.717, 1.165) is 16.5 Å². The molecule has 0 fully saturated rings. The molecule has 4 heteroatoms. The minimum absolute atomic E-state index is 0.261. The smallest absolute Gasteiger partial charge is 0.0595 e. The van der Waals surface area contributed by atoms with E-state index in [9.17, 15) is 0 Å². The summed E-state index contributed by atoms with van der Waals surface area (Å²) < 4.78 is 1.06. The van der Waals surface area contributed by atoms with E-state index in [0.29, 0.717) is 15.9 Å². The van der Waals surface area contributed by atoms with Crippen molar-refractivity contribution in [1.82, 2.24) is 0 Å². The Bertz CT molecular complexity index is 569. The molecule has 100 valence electrons. The van der Waals surface area contributed by atoms with Gasteiger partial charge in [-0.3, -0.25) is 0 Å². The lowest BCUT2D eigenvalue weighted by Crippen LogP contribution is -2.04. The largest absolute Gasteiger partial charge is 0.126 e. The van der Waals surface area contributed by atoms with E-state index in [4.69, 9.17) is 34.8 Å². The van der Waals surface area contributed by atoms with Crippen LogP contribution in [0.25, 0.3) is 0 Å². The predicted octanol–water partition coefficient (Wildman–Crippen LogP) is 6.32. The zero-order valence-corrected chi connectivity index (χ0v) is 13.9. The molecule has 0 spiro atoms. The molecule has 2 aromatic carbocycles. The first-order chi connectivity index (χ1) is 9.10. The molecule has 0 amide bonds. The van der Waals surface area contributed by atoms with E-state index >= 15 is 0 Å². The second-order valence-electron chi connectivity index (χ2n) is 4.36. The standard InChI is InChI=1S/C15H12BrCl3/c16-13-3-1-2-11(8-13)12(9-17)6-10-4-5-14(18)15(19)7-10/h1-5,7-8,12H,6,9H2. The SMILES string of the molecule is ClCC(Cc1ccc(Cl)c(Cl)c1)c1cccc(Br)c1. The van der Waals surface area contributed by atoms with Crippen LogP contribution < -0.4 is 0 Å². The Labute approximate surface area is 136 Å². The third-order valence-electron chi connectivity index (χ3n) is 2.97. The van der Waals surface area contributed by atoms with Crippen LogP contribution in [-0.2, 0) is 6.42 Å².